The van der Waals surface area contributed by atoms with Crippen molar-refractivity contribution >= 4 is 11.6 Å². The van der Waals surface area contributed by atoms with Crippen LogP contribution in [0, 0.1) is 17.2 Å². The molecule has 2 N–H and O–H groups in total. The Morgan fingerprint density at radius 2 is 1.97 bits per heavy atom. The molecule has 0 saturated heterocycles. The van der Waals surface area contributed by atoms with Crippen molar-refractivity contribution in [3.05, 3.63) is 77.1 Å². The lowest BCUT2D eigenvalue weighted by Gasteiger charge is -2.13. The van der Waals surface area contributed by atoms with Crippen LogP contribution in [0.3, 0.4) is 0 Å². The number of halogens is 3. The molecule has 4 rings (SSSR count). The van der Waals surface area contributed by atoms with Crippen LogP contribution in [0.15, 0.2) is 54.6 Å². The Kier molecular flexibility index (Phi) is 6.20. The van der Waals surface area contributed by atoms with E-state index in [1.54, 1.807) is 24.3 Å². The van der Waals surface area contributed by atoms with Gasteiger partial charge >= 0.3 is 6.18 Å². The van der Waals surface area contributed by atoms with E-state index < -0.39 is 23.9 Å². The molecular formula is C24H21F3N4O2. The van der Waals surface area contributed by atoms with Gasteiger partial charge in [-0.2, -0.15) is 23.5 Å². The van der Waals surface area contributed by atoms with Gasteiger partial charge in [-0.15, -0.1) is 0 Å². The average Bonchev–Trinajstić information content (AvgIpc) is 3.51. The average molecular weight is 454 g/mol. The quantitative estimate of drug-likeness (QED) is 0.511. The molecule has 0 spiro atoms. The Morgan fingerprint density at radius 3 is 2.67 bits per heavy atom. The van der Waals surface area contributed by atoms with Gasteiger partial charge < -0.3 is 10.4 Å². The molecule has 1 aromatic heterocycles. The van der Waals surface area contributed by atoms with E-state index in [0.717, 1.165) is 11.1 Å². The number of aromatic nitrogens is 2. The first kappa shape index (κ1) is 22.6. The number of amides is 1. The highest BCUT2D eigenvalue weighted by Gasteiger charge is 2.36. The maximum atomic E-state index is 13.3. The summed E-state index contributed by atoms with van der Waals surface area (Å²) in [4.78, 5) is 12.9. The van der Waals surface area contributed by atoms with Crippen LogP contribution in [-0.4, -0.2) is 20.8 Å². The van der Waals surface area contributed by atoms with Crippen molar-refractivity contribution in [1.29, 1.82) is 5.26 Å². The third-order valence-electron chi connectivity index (χ3n) is 5.53. The molecule has 1 atom stereocenters. The molecule has 9 heteroatoms. The number of hydrogen-bond donors (Lipinski definition) is 2. The summed E-state index contributed by atoms with van der Waals surface area (Å²) in [5.41, 5.74) is -0.221. The second kappa shape index (κ2) is 9.08. The molecule has 6 nitrogen and oxygen atoms in total. The molecule has 1 aliphatic rings. The minimum absolute atomic E-state index is 0.152. The maximum absolute atomic E-state index is 13.3. The first-order valence-corrected chi connectivity index (χ1v) is 10.5. The van der Waals surface area contributed by atoms with E-state index in [1.807, 2.05) is 6.07 Å². The van der Waals surface area contributed by atoms with Crippen molar-refractivity contribution < 1.29 is 23.1 Å². The number of nitriles is 1. The monoisotopic (exact) mass is 454 g/mol. The van der Waals surface area contributed by atoms with Gasteiger partial charge in [0.05, 0.1) is 23.4 Å². The number of rotatable bonds is 7. The summed E-state index contributed by atoms with van der Waals surface area (Å²) in [6, 6.07) is 15.0. The van der Waals surface area contributed by atoms with Gasteiger partial charge in [-0.3, -0.25) is 4.79 Å². The topological polar surface area (TPSA) is 90.9 Å². The summed E-state index contributed by atoms with van der Waals surface area (Å²) in [6.45, 7) is 0. The fraction of sp³-hybridized carbons (Fsp3) is 0.292. The molecule has 1 fully saturated rings. The zero-order valence-corrected chi connectivity index (χ0v) is 17.5. The zero-order chi connectivity index (χ0) is 23.6. The molecule has 2 aromatic carbocycles. The van der Waals surface area contributed by atoms with E-state index in [-0.39, 0.29) is 16.9 Å². The van der Waals surface area contributed by atoms with E-state index in [0.29, 0.717) is 29.7 Å². The van der Waals surface area contributed by atoms with Gasteiger partial charge in [0.1, 0.15) is 5.69 Å². The molecule has 33 heavy (non-hydrogen) atoms. The maximum Gasteiger partial charge on any atom is 0.435 e. The fourth-order valence-corrected chi connectivity index (χ4v) is 3.57. The summed E-state index contributed by atoms with van der Waals surface area (Å²) in [6.07, 6.45) is -1.52. The first-order chi connectivity index (χ1) is 15.7. The molecule has 3 aromatic rings. The van der Waals surface area contributed by atoms with Crippen LogP contribution in [0.1, 0.15) is 59.1 Å². The van der Waals surface area contributed by atoms with Crippen molar-refractivity contribution in [3.63, 3.8) is 0 Å². The van der Waals surface area contributed by atoms with E-state index in [9.17, 15) is 23.1 Å². The van der Waals surface area contributed by atoms with Gasteiger partial charge in [-0.25, -0.2) is 4.68 Å². The smallest absolute Gasteiger partial charge is 0.388 e. The van der Waals surface area contributed by atoms with Crippen molar-refractivity contribution in [1.82, 2.24) is 9.78 Å². The minimum atomic E-state index is -4.75. The fourth-order valence-electron chi connectivity index (χ4n) is 3.57. The summed E-state index contributed by atoms with van der Waals surface area (Å²) >= 11 is 0. The van der Waals surface area contributed by atoms with Crippen LogP contribution in [-0.2, 0) is 6.18 Å². The molecule has 1 amide bonds. The molecule has 0 bridgehead atoms. The number of carbonyl (C=O) groups is 1. The molecule has 1 saturated carbocycles. The number of anilines is 1. The molecule has 0 aliphatic heterocycles. The number of benzene rings is 2. The highest BCUT2D eigenvalue weighted by atomic mass is 19.4. The lowest BCUT2D eigenvalue weighted by Crippen LogP contribution is -2.17. The van der Waals surface area contributed by atoms with E-state index in [4.69, 9.17) is 5.26 Å². The predicted molar refractivity (Wildman–Crippen MR) is 115 cm³/mol. The lowest BCUT2D eigenvalue weighted by atomic mass is 10.0. The van der Waals surface area contributed by atoms with Crippen molar-refractivity contribution in [2.75, 3.05) is 5.32 Å². The van der Waals surface area contributed by atoms with Gasteiger partial charge in [-0.05, 0) is 54.7 Å². The number of hydrogen-bond acceptors (Lipinski definition) is 4. The zero-order valence-electron chi connectivity index (χ0n) is 17.5. The largest absolute Gasteiger partial charge is 0.435 e. The second-order valence-corrected chi connectivity index (χ2v) is 8.10. The Labute approximate surface area is 188 Å². The van der Waals surface area contributed by atoms with Gasteiger partial charge in [0, 0.05) is 11.8 Å². The summed E-state index contributed by atoms with van der Waals surface area (Å²) in [7, 11) is 0. The van der Waals surface area contributed by atoms with Gasteiger partial charge in [0.2, 0.25) is 0 Å². The van der Waals surface area contributed by atoms with Gasteiger partial charge in [0.15, 0.2) is 5.69 Å². The van der Waals surface area contributed by atoms with Crippen LogP contribution in [0.5, 0.6) is 0 Å². The second-order valence-electron chi connectivity index (χ2n) is 8.10. The molecule has 1 unspecified atom stereocenters. The van der Waals surface area contributed by atoms with E-state index in [2.05, 4.69) is 10.4 Å². The Morgan fingerprint density at radius 1 is 1.21 bits per heavy atom. The lowest BCUT2D eigenvalue weighted by molar-refractivity contribution is -0.141. The Hall–Kier alpha value is -3.64. The normalized spacial score (nSPS) is 14.5. The Balaban J connectivity index is 1.60. The van der Waals surface area contributed by atoms with Crippen LogP contribution >= 0.6 is 0 Å². The summed E-state index contributed by atoms with van der Waals surface area (Å²) in [5, 5.41) is 25.7. The molecular weight excluding hydrogens is 433 g/mol. The number of nitrogens with zero attached hydrogens (tertiary/aromatic N) is 3. The number of aliphatic hydroxyl groups excluding tert-OH is 1. The summed E-state index contributed by atoms with van der Waals surface area (Å²) < 4.78 is 40.8. The highest BCUT2D eigenvalue weighted by Crippen LogP contribution is 2.36. The SMILES string of the molecule is N#Cc1cccc(-n2nc(C(F)(F)F)cc2C(=O)Nc2cccc(C(O)CCC3CC3)c2)c1. The highest BCUT2D eigenvalue weighted by molar-refractivity contribution is 6.03. The van der Waals surface area contributed by atoms with Crippen LogP contribution in [0.25, 0.3) is 5.69 Å². The van der Waals surface area contributed by atoms with Crippen molar-refractivity contribution in [2.24, 2.45) is 5.92 Å². The third-order valence-corrected chi connectivity index (χ3v) is 5.53. The van der Waals surface area contributed by atoms with E-state index >= 15 is 0 Å². The molecule has 170 valence electrons. The van der Waals surface area contributed by atoms with E-state index in [1.165, 1.54) is 37.1 Å². The molecule has 1 heterocycles. The number of carbonyl (C=O) groups excluding carboxylic acids is 1. The van der Waals surface area contributed by atoms with Crippen molar-refractivity contribution in [3.8, 4) is 11.8 Å². The third kappa shape index (κ3) is 5.41. The van der Waals surface area contributed by atoms with Crippen LogP contribution in [0.4, 0.5) is 18.9 Å². The van der Waals surface area contributed by atoms with Gasteiger partial charge in [0.25, 0.3) is 5.91 Å². The molecule has 1 aliphatic carbocycles. The van der Waals surface area contributed by atoms with Crippen molar-refractivity contribution in [2.45, 2.75) is 38.0 Å². The van der Waals surface area contributed by atoms with Gasteiger partial charge in [-0.1, -0.05) is 31.0 Å². The summed E-state index contributed by atoms with van der Waals surface area (Å²) in [5.74, 6) is -0.129. The molecule has 0 radical (unpaired) electrons. The number of aliphatic hydroxyl groups is 1. The number of nitrogens with one attached hydrogen (secondary N) is 1. The van der Waals surface area contributed by atoms with Crippen LogP contribution in [0.2, 0.25) is 0 Å². The van der Waals surface area contributed by atoms with Crippen LogP contribution < -0.4 is 5.32 Å². The minimum Gasteiger partial charge on any atom is -0.388 e. The number of alkyl halides is 3. The predicted octanol–water partition coefficient (Wildman–Crippen LogP) is 5.24. The standard InChI is InChI=1S/C24H21F3N4O2/c25-24(26,27)22-13-20(31(30-22)19-6-1-3-16(11-19)14-28)23(33)29-18-5-2-4-17(12-18)21(32)10-9-15-7-8-15/h1-6,11-13,15,21,32H,7-10H2,(H,29,33). The Bertz CT molecular complexity index is 1210. The first-order valence-electron chi connectivity index (χ1n) is 10.5.